The molecule has 0 atom stereocenters. The first-order valence-corrected chi connectivity index (χ1v) is 11.0. The Labute approximate surface area is 135 Å². The molecule has 0 unspecified atom stereocenters. The van der Waals surface area contributed by atoms with Crippen LogP contribution in [0.3, 0.4) is 0 Å². The molecule has 0 heterocycles. The van der Waals surface area contributed by atoms with Crippen LogP contribution < -0.4 is 0 Å². The van der Waals surface area contributed by atoms with Gasteiger partial charge in [0, 0.05) is 0 Å². The summed E-state index contributed by atoms with van der Waals surface area (Å²) in [4.78, 5) is 6.99. The molecular weight excluding hydrogens is 282 g/mol. The molecule has 1 N–H and O–H groups in total. The van der Waals surface area contributed by atoms with Gasteiger partial charge in [-0.3, -0.25) is 0 Å². The Morgan fingerprint density at radius 2 is 1.00 bits per heavy atom. The zero-order valence-electron chi connectivity index (χ0n) is 13.8. The Kier molecular flexibility index (Phi) is 28.1. The maximum Gasteiger partial charge on any atom is 0.324 e. The molecule has 2 nitrogen and oxygen atoms in total. The molecule has 0 saturated heterocycles. The summed E-state index contributed by atoms with van der Waals surface area (Å²) >= 11 is 0.794. The van der Waals surface area contributed by atoms with Crippen molar-refractivity contribution in [2.45, 2.75) is 101 Å². The smallest absolute Gasteiger partial charge is 0.310 e. The van der Waals surface area contributed by atoms with Gasteiger partial charge in [0.1, 0.15) is 0 Å². The summed E-state index contributed by atoms with van der Waals surface area (Å²) in [6, 6.07) is 0. The molecule has 0 spiro atoms. The normalized spacial score (nSPS) is 10.2. The zero-order valence-corrected chi connectivity index (χ0v) is 15.8. The second kappa shape index (κ2) is 24.6. The van der Waals surface area contributed by atoms with Gasteiger partial charge in [-0.15, -0.1) is 10.6 Å². The van der Waals surface area contributed by atoms with E-state index in [4.69, 9.17) is 9.46 Å². The second-order valence-corrected chi connectivity index (χ2v) is 7.38. The molecule has 0 aromatic heterocycles. The van der Waals surface area contributed by atoms with Crippen LogP contribution in [0.2, 0.25) is 10.6 Å². The van der Waals surface area contributed by atoms with E-state index in [1.165, 1.54) is 77.0 Å². The first-order valence-electron chi connectivity index (χ1n) is 8.61. The molecule has 0 aliphatic heterocycles. The number of rotatable bonds is 14. The van der Waals surface area contributed by atoms with Crippen molar-refractivity contribution in [3.8, 4) is 0 Å². The van der Waals surface area contributed by atoms with Crippen molar-refractivity contribution in [2.24, 2.45) is 0 Å². The topological polar surface area (TPSA) is 37.3 Å². The minimum absolute atomic E-state index is 0.794. The largest absolute Gasteiger partial charge is 0.324 e. The van der Waals surface area contributed by atoms with Crippen molar-refractivity contribution in [3.05, 3.63) is 0 Å². The summed E-state index contributed by atoms with van der Waals surface area (Å²) < 4.78 is 8.46. The van der Waals surface area contributed by atoms with Crippen LogP contribution in [0, 0.1) is 0 Å². The fourth-order valence-electron chi connectivity index (χ4n) is 2.28. The SMILES string of the molecule is CCCCCCC[CH2][Al][CH2]CCCCCCC.O=PO. The zero-order chi connectivity index (χ0) is 15.3. The summed E-state index contributed by atoms with van der Waals surface area (Å²) in [5.41, 5.74) is 0. The summed E-state index contributed by atoms with van der Waals surface area (Å²) in [5, 5.41) is 3.14. The van der Waals surface area contributed by atoms with Crippen LogP contribution in [0.4, 0.5) is 0 Å². The standard InChI is InChI=1S/2C8H17.Al.HO2P/c2*1-3-5-7-8-6-4-2;;1-3-2/h2*1,3-8H2,2H3;;(H,1,2). The van der Waals surface area contributed by atoms with Crippen molar-refractivity contribution >= 4 is 23.9 Å². The molecule has 1 radical (unpaired) electrons. The number of unbranched alkanes of at least 4 members (excludes halogenated alkanes) is 10. The third-order valence-electron chi connectivity index (χ3n) is 3.52. The molecule has 0 fully saturated rings. The van der Waals surface area contributed by atoms with E-state index in [9.17, 15) is 0 Å². The van der Waals surface area contributed by atoms with Crippen LogP contribution in [0.5, 0.6) is 0 Å². The molecular formula is C16H35AlO2P. The van der Waals surface area contributed by atoms with Gasteiger partial charge in [0.05, 0.1) is 0 Å². The molecule has 0 rings (SSSR count). The summed E-state index contributed by atoms with van der Waals surface area (Å²) in [6.07, 6.45) is 17.6. The van der Waals surface area contributed by atoms with E-state index in [0.717, 1.165) is 15.2 Å². The number of hydrogen-bond acceptors (Lipinski definition) is 1. The van der Waals surface area contributed by atoms with E-state index in [1.807, 2.05) is 0 Å². The fraction of sp³-hybridized carbons (Fsp3) is 1.00. The van der Waals surface area contributed by atoms with E-state index in [1.54, 1.807) is 10.6 Å². The summed E-state index contributed by atoms with van der Waals surface area (Å²) in [7, 11) is -0.833. The lowest BCUT2D eigenvalue weighted by Gasteiger charge is -2.01. The first-order chi connectivity index (χ1) is 9.83. The van der Waals surface area contributed by atoms with Crippen LogP contribution in [0.15, 0.2) is 0 Å². The predicted molar refractivity (Wildman–Crippen MR) is 91.9 cm³/mol. The lowest BCUT2D eigenvalue weighted by molar-refractivity contribution is 0.524. The third-order valence-corrected chi connectivity index (χ3v) is 5.16. The van der Waals surface area contributed by atoms with E-state index in [0.29, 0.717) is 0 Å². The lowest BCUT2D eigenvalue weighted by Crippen LogP contribution is -1.90. The van der Waals surface area contributed by atoms with E-state index in [2.05, 4.69) is 13.8 Å². The fourth-order valence-corrected chi connectivity index (χ4v) is 3.73. The average molecular weight is 317 g/mol. The minimum Gasteiger partial charge on any atom is -0.310 e. The second-order valence-electron chi connectivity index (χ2n) is 5.48. The van der Waals surface area contributed by atoms with E-state index < -0.39 is 8.69 Å². The minimum atomic E-state index is -0.833. The Balaban J connectivity index is 0. The highest BCUT2D eigenvalue weighted by Gasteiger charge is 1.95. The van der Waals surface area contributed by atoms with Crippen LogP contribution in [0.25, 0.3) is 0 Å². The van der Waals surface area contributed by atoms with E-state index in [-0.39, 0.29) is 0 Å². The van der Waals surface area contributed by atoms with E-state index >= 15 is 0 Å². The van der Waals surface area contributed by atoms with Crippen molar-refractivity contribution in [1.29, 1.82) is 0 Å². The Morgan fingerprint density at radius 3 is 1.35 bits per heavy atom. The molecule has 0 amide bonds. The molecule has 0 bridgehead atoms. The lowest BCUT2D eigenvalue weighted by atomic mass is 10.1. The average Bonchev–Trinajstić information content (AvgIpc) is 2.45. The summed E-state index contributed by atoms with van der Waals surface area (Å²) in [5.74, 6) is 0. The third kappa shape index (κ3) is 27.0. The highest BCUT2D eigenvalue weighted by molar-refractivity contribution is 7.16. The van der Waals surface area contributed by atoms with Crippen LogP contribution >= 0.6 is 8.69 Å². The van der Waals surface area contributed by atoms with Crippen molar-refractivity contribution in [2.75, 3.05) is 0 Å². The predicted octanol–water partition coefficient (Wildman–Crippen LogP) is 6.43. The monoisotopic (exact) mass is 317 g/mol. The van der Waals surface area contributed by atoms with Crippen molar-refractivity contribution < 1.29 is 9.46 Å². The maximum absolute atomic E-state index is 8.46. The molecule has 119 valence electrons. The Hall–Kier alpha value is 0.592. The highest BCUT2D eigenvalue weighted by atomic mass is 31.1. The van der Waals surface area contributed by atoms with Gasteiger partial charge < -0.3 is 4.89 Å². The molecule has 0 aliphatic carbocycles. The maximum atomic E-state index is 8.46. The van der Waals surface area contributed by atoms with Gasteiger partial charge in [0.2, 0.25) is 0 Å². The summed E-state index contributed by atoms with van der Waals surface area (Å²) in [6.45, 7) is 4.59. The highest BCUT2D eigenvalue weighted by Crippen LogP contribution is 2.10. The van der Waals surface area contributed by atoms with Crippen molar-refractivity contribution in [1.82, 2.24) is 0 Å². The molecule has 0 aliphatic rings. The molecule has 4 heteroatoms. The van der Waals surface area contributed by atoms with Crippen molar-refractivity contribution in [3.63, 3.8) is 0 Å². The molecule has 20 heavy (non-hydrogen) atoms. The van der Waals surface area contributed by atoms with Crippen LogP contribution in [-0.2, 0) is 4.57 Å². The van der Waals surface area contributed by atoms with Gasteiger partial charge in [-0.05, 0) is 0 Å². The molecule has 0 aromatic carbocycles. The number of hydrogen-bond donors (Lipinski definition) is 1. The Bertz CT molecular complexity index is 155. The van der Waals surface area contributed by atoms with Gasteiger partial charge in [-0.25, -0.2) is 4.57 Å². The van der Waals surface area contributed by atoms with Gasteiger partial charge in [-0.1, -0.05) is 90.9 Å². The quantitative estimate of drug-likeness (QED) is 0.227. The van der Waals surface area contributed by atoms with Crippen LogP contribution in [-0.4, -0.2) is 20.1 Å². The Morgan fingerprint density at radius 1 is 0.700 bits per heavy atom. The van der Waals surface area contributed by atoms with Gasteiger partial charge in [0.25, 0.3) is 0 Å². The first kappa shape index (κ1) is 22.9. The van der Waals surface area contributed by atoms with Crippen LogP contribution in [0.1, 0.15) is 90.9 Å². The van der Waals surface area contributed by atoms with Gasteiger partial charge in [-0.2, -0.15) is 0 Å². The molecule has 0 saturated carbocycles. The molecule has 0 aromatic rings. The van der Waals surface area contributed by atoms with Gasteiger partial charge >= 0.3 is 8.69 Å². The van der Waals surface area contributed by atoms with Gasteiger partial charge in [0.15, 0.2) is 15.2 Å².